The number of alkyl carbamates (subject to hydrolysis) is 1. The smallest absolute Gasteiger partial charge is 0.412 e. The summed E-state index contributed by atoms with van der Waals surface area (Å²) in [5.41, 5.74) is 3.49. The first kappa shape index (κ1) is 23.4. The molecule has 176 valence electrons. The van der Waals surface area contributed by atoms with Gasteiger partial charge in [0, 0.05) is 18.2 Å². The molecule has 0 radical (unpaired) electrons. The minimum atomic E-state index is -0.491. The Morgan fingerprint density at radius 3 is 2.24 bits per heavy atom. The molecule has 1 saturated carbocycles. The highest BCUT2D eigenvalue weighted by molar-refractivity contribution is 5.79. The van der Waals surface area contributed by atoms with Gasteiger partial charge in [0.05, 0.1) is 0 Å². The SMILES string of the molecule is O=C(NCc1ccccc1-c1ccccc1OC(=O)NC1CCCCC1)OCc1ccccc1. The van der Waals surface area contributed by atoms with Crippen molar-refractivity contribution in [3.8, 4) is 16.9 Å². The van der Waals surface area contributed by atoms with Gasteiger partial charge in [-0.1, -0.05) is 92.1 Å². The van der Waals surface area contributed by atoms with Gasteiger partial charge in [0.1, 0.15) is 12.4 Å². The zero-order valence-electron chi connectivity index (χ0n) is 19.2. The van der Waals surface area contributed by atoms with Gasteiger partial charge in [0.25, 0.3) is 0 Å². The lowest BCUT2D eigenvalue weighted by Crippen LogP contribution is -2.38. The van der Waals surface area contributed by atoms with Gasteiger partial charge in [0.15, 0.2) is 0 Å². The topological polar surface area (TPSA) is 76.7 Å². The number of amides is 2. The molecular formula is C28H30N2O4. The van der Waals surface area contributed by atoms with Crippen LogP contribution in [0, 0.1) is 0 Å². The Kier molecular flexibility index (Phi) is 8.17. The molecule has 2 amide bonds. The second-order valence-corrected chi connectivity index (χ2v) is 8.44. The molecule has 1 aliphatic carbocycles. The van der Waals surface area contributed by atoms with Gasteiger partial charge in [0.2, 0.25) is 0 Å². The minimum absolute atomic E-state index is 0.173. The third-order valence-corrected chi connectivity index (χ3v) is 5.96. The van der Waals surface area contributed by atoms with Gasteiger partial charge < -0.3 is 20.1 Å². The summed E-state index contributed by atoms with van der Waals surface area (Å²) < 4.78 is 11.0. The minimum Gasteiger partial charge on any atom is -0.445 e. The summed E-state index contributed by atoms with van der Waals surface area (Å²) in [6.07, 6.45) is 4.55. The second-order valence-electron chi connectivity index (χ2n) is 8.44. The van der Waals surface area contributed by atoms with Crippen molar-refractivity contribution in [3.63, 3.8) is 0 Å². The molecule has 0 heterocycles. The summed E-state index contributed by atoms with van der Waals surface area (Å²) in [6.45, 7) is 0.494. The number of para-hydroxylation sites is 1. The summed E-state index contributed by atoms with van der Waals surface area (Å²) >= 11 is 0. The lowest BCUT2D eigenvalue weighted by atomic mass is 9.96. The highest BCUT2D eigenvalue weighted by Crippen LogP contribution is 2.32. The normalized spacial score (nSPS) is 13.6. The Hall–Kier alpha value is -3.80. The molecule has 0 aromatic heterocycles. The maximum atomic E-state index is 12.5. The lowest BCUT2D eigenvalue weighted by Gasteiger charge is -2.22. The summed E-state index contributed by atoms with van der Waals surface area (Å²) in [6, 6.07) is 24.9. The first-order chi connectivity index (χ1) is 16.7. The van der Waals surface area contributed by atoms with Crippen LogP contribution in [0.2, 0.25) is 0 Å². The molecule has 6 nitrogen and oxygen atoms in total. The highest BCUT2D eigenvalue weighted by atomic mass is 16.6. The summed E-state index contributed by atoms with van der Waals surface area (Å²) in [4.78, 5) is 24.8. The molecule has 1 aliphatic rings. The zero-order chi connectivity index (χ0) is 23.6. The largest absolute Gasteiger partial charge is 0.445 e. The molecule has 3 aromatic carbocycles. The van der Waals surface area contributed by atoms with E-state index in [4.69, 9.17) is 9.47 Å². The van der Waals surface area contributed by atoms with Crippen LogP contribution in [0.5, 0.6) is 5.75 Å². The van der Waals surface area contributed by atoms with Gasteiger partial charge in [-0.05, 0) is 35.6 Å². The fraction of sp³-hybridized carbons (Fsp3) is 0.286. The fourth-order valence-electron chi connectivity index (χ4n) is 4.20. The summed E-state index contributed by atoms with van der Waals surface area (Å²) in [5, 5.41) is 5.81. The first-order valence-corrected chi connectivity index (χ1v) is 11.8. The van der Waals surface area contributed by atoms with Gasteiger partial charge in [-0.3, -0.25) is 0 Å². The van der Waals surface area contributed by atoms with Crippen molar-refractivity contribution in [1.29, 1.82) is 0 Å². The molecule has 4 rings (SSSR count). The van der Waals surface area contributed by atoms with Crippen molar-refractivity contribution in [2.75, 3.05) is 0 Å². The molecule has 34 heavy (non-hydrogen) atoms. The average Bonchev–Trinajstić information content (AvgIpc) is 2.88. The van der Waals surface area contributed by atoms with Crippen LogP contribution in [0.25, 0.3) is 11.1 Å². The van der Waals surface area contributed by atoms with Gasteiger partial charge >= 0.3 is 12.2 Å². The van der Waals surface area contributed by atoms with Crippen LogP contribution < -0.4 is 15.4 Å². The van der Waals surface area contributed by atoms with Crippen molar-refractivity contribution in [2.24, 2.45) is 0 Å². The molecule has 0 bridgehead atoms. The number of carbonyl (C=O) groups excluding carboxylic acids is 2. The van der Waals surface area contributed by atoms with E-state index in [0.717, 1.165) is 47.9 Å². The maximum absolute atomic E-state index is 12.5. The highest BCUT2D eigenvalue weighted by Gasteiger charge is 2.18. The van der Waals surface area contributed by atoms with Gasteiger partial charge in [-0.2, -0.15) is 0 Å². The number of carbonyl (C=O) groups is 2. The van der Waals surface area contributed by atoms with Crippen molar-refractivity contribution in [3.05, 3.63) is 90.0 Å². The Morgan fingerprint density at radius 2 is 1.44 bits per heavy atom. The molecule has 0 saturated heterocycles. The third kappa shape index (κ3) is 6.61. The molecule has 1 fully saturated rings. The van der Waals surface area contributed by atoms with E-state index in [9.17, 15) is 9.59 Å². The predicted molar refractivity (Wildman–Crippen MR) is 131 cm³/mol. The summed E-state index contributed by atoms with van der Waals surface area (Å²) in [7, 11) is 0. The van der Waals surface area contributed by atoms with Gasteiger partial charge in [-0.15, -0.1) is 0 Å². The first-order valence-electron chi connectivity index (χ1n) is 11.8. The van der Waals surface area contributed by atoms with E-state index in [1.165, 1.54) is 6.42 Å². The Morgan fingerprint density at radius 1 is 0.765 bits per heavy atom. The average molecular weight is 459 g/mol. The molecular weight excluding hydrogens is 428 g/mol. The standard InChI is InChI=1S/C28H30N2O4/c31-27(33-20-21-11-3-1-4-12-21)29-19-22-13-7-8-16-24(22)25-17-9-10-18-26(25)34-28(32)30-23-14-5-2-6-15-23/h1,3-4,7-13,16-18,23H,2,5-6,14-15,19-20H2,(H,29,31)(H,30,32). The fourth-order valence-corrected chi connectivity index (χ4v) is 4.20. The number of ether oxygens (including phenoxy) is 2. The van der Waals surface area contributed by atoms with Crippen LogP contribution in [0.15, 0.2) is 78.9 Å². The van der Waals surface area contributed by atoms with Crippen LogP contribution in [-0.4, -0.2) is 18.2 Å². The monoisotopic (exact) mass is 458 g/mol. The van der Waals surface area contributed by atoms with E-state index >= 15 is 0 Å². The van der Waals surface area contributed by atoms with E-state index in [0.29, 0.717) is 5.75 Å². The lowest BCUT2D eigenvalue weighted by molar-refractivity contribution is 0.139. The number of nitrogens with one attached hydrogen (secondary N) is 2. The Balaban J connectivity index is 1.40. The predicted octanol–water partition coefficient (Wildman–Crippen LogP) is 6.20. The zero-order valence-corrected chi connectivity index (χ0v) is 19.2. The van der Waals surface area contributed by atoms with Crippen LogP contribution in [0.4, 0.5) is 9.59 Å². The van der Waals surface area contributed by atoms with E-state index in [1.807, 2.05) is 72.8 Å². The van der Waals surface area contributed by atoms with Crippen LogP contribution in [0.1, 0.15) is 43.2 Å². The number of hydrogen-bond acceptors (Lipinski definition) is 4. The quantitative estimate of drug-likeness (QED) is 0.442. The Bertz CT molecular complexity index is 1090. The van der Waals surface area contributed by atoms with Crippen molar-refractivity contribution in [2.45, 2.75) is 51.3 Å². The van der Waals surface area contributed by atoms with Crippen molar-refractivity contribution in [1.82, 2.24) is 10.6 Å². The van der Waals surface area contributed by atoms with Gasteiger partial charge in [-0.25, -0.2) is 9.59 Å². The number of benzene rings is 3. The third-order valence-electron chi connectivity index (χ3n) is 5.96. The summed E-state index contributed by atoms with van der Waals surface area (Å²) in [5.74, 6) is 0.481. The number of rotatable bonds is 7. The van der Waals surface area contributed by atoms with Crippen molar-refractivity contribution >= 4 is 12.2 Å². The van der Waals surface area contributed by atoms with Crippen LogP contribution >= 0.6 is 0 Å². The molecule has 0 spiro atoms. The van der Waals surface area contributed by atoms with Crippen LogP contribution in [-0.2, 0) is 17.9 Å². The van der Waals surface area contributed by atoms with E-state index in [2.05, 4.69) is 10.6 Å². The molecule has 2 N–H and O–H groups in total. The molecule has 3 aromatic rings. The molecule has 0 atom stereocenters. The Labute approximate surface area is 200 Å². The van der Waals surface area contributed by atoms with E-state index in [-0.39, 0.29) is 19.2 Å². The van der Waals surface area contributed by atoms with Crippen molar-refractivity contribution < 1.29 is 19.1 Å². The van der Waals surface area contributed by atoms with Crippen LogP contribution in [0.3, 0.4) is 0 Å². The van der Waals surface area contributed by atoms with E-state index < -0.39 is 12.2 Å². The van der Waals surface area contributed by atoms with E-state index in [1.54, 1.807) is 6.07 Å². The molecule has 0 aliphatic heterocycles. The molecule has 6 heteroatoms. The number of hydrogen-bond donors (Lipinski definition) is 2. The maximum Gasteiger partial charge on any atom is 0.412 e. The second kappa shape index (κ2) is 11.9. The molecule has 0 unspecified atom stereocenters.